The van der Waals surface area contributed by atoms with E-state index in [1.807, 2.05) is 24.3 Å². The quantitative estimate of drug-likeness (QED) is 0.731. The van der Waals surface area contributed by atoms with Crippen LogP contribution in [0, 0.1) is 0 Å². The lowest BCUT2D eigenvalue weighted by Crippen LogP contribution is -2.29. The highest BCUT2D eigenvalue weighted by Crippen LogP contribution is 2.34. The third-order valence-electron chi connectivity index (χ3n) is 4.99. The van der Waals surface area contributed by atoms with Crippen molar-refractivity contribution in [3.8, 4) is 5.75 Å². The molecule has 0 atom stereocenters. The van der Waals surface area contributed by atoms with Crippen molar-refractivity contribution in [1.29, 1.82) is 0 Å². The van der Waals surface area contributed by atoms with Crippen molar-refractivity contribution in [2.24, 2.45) is 0 Å². The first-order chi connectivity index (χ1) is 13.1. The summed E-state index contributed by atoms with van der Waals surface area (Å²) in [5, 5.41) is 9.95. The Hall–Kier alpha value is -2.67. The number of carbonyl (C=O) groups is 1. The maximum Gasteiger partial charge on any atom is 0.323 e. The van der Waals surface area contributed by atoms with E-state index in [-0.39, 0.29) is 5.56 Å². The van der Waals surface area contributed by atoms with Gasteiger partial charge in [0.05, 0.1) is 12.5 Å². The predicted molar refractivity (Wildman–Crippen MR) is 104 cm³/mol. The summed E-state index contributed by atoms with van der Waals surface area (Å²) in [5.74, 6) is 0.0980. The van der Waals surface area contributed by atoms with Gasteiger partial charge >= 0.3 is 5.97 Å². The number of carboxylic acid groups (broad SMARTS) is 1. The standard InChI is InChI=1S/C20H20N2O4S/c1-26-14-8-4-2-6-12(14)10-16-21-19-18(20(25)22(16)11-17(23)24)13-7-3-5-9-15(13)27-19/h2,4,6,8H,3,5,7,9-11H2,1H3,(H,23,24). The fourth-order valence-electron chi connectivity index (χ4n) is 3.73. The van der Waals surface area contributed by atoms with Crippen LogP contribution in [0.4, 0.5) is 0 Å². The van der Waals surface area contributed by atoms with Crippen molar-refractivity contribution >= 4 is 27.5 Å². The molecule has 140 valence electrons. The predicted octanol–water partition coefficient (Wildman–Crippen LogP) is 3.02. The first kappa shape index (κ1) is 17.7. The molecule has 0 saturated carbocycles. The molecular weight excluding hydrogens is 364 g/mol. The second kappa shape index (κ2) is 7.15. The van der Waals surface area contributed by atoms with Crippen molar-refractivity contribution in [1.82, 2.24) is 9.55 Å². The summed E-state index contributed by atoms with van der Waals surface area (Å²) in [6, 6.07) is 7.51. The largest absolute Gasteiger partial charge is 0.496 e. The van der Waals surface area contributed by atoms with Crippen LogP contribution in [0.3, 0.4) is 0 Å². The van der Waals surface area contributed by atoms with E-state index in [2.05, 4.69) is 0 Å². The number of para-hydroxylation sites is 1. The van der Waals surface area contributed by atoms with E-state index < -0.39 is 12.5 Å². The molecule has 0 aliphatic heterocycles. The van der Waals surface area contributed by atoms with Crippen molar-refractivity contribution in [2.75, 3.05) is 7.11 Å². The lowest BCUT2D eigenvalue weighted by Gasteiger charge is -2.13. The molecule has 1 N–H and O–H groups in total. The van der Waals surface area contributed by atoms with Crippen molar-refractivity contribution < 1.29 is 14.6 Å². The van der Waals surface area contributed by atoms with Gasteiger partial charge in [-0.25, -0.2) is 4.98 Å². The number of aliphatic carboxylic acids is 1. The second-order valence-electron chi connectivity index (χ2n) is 6.69. The monoisotopic (exact) mass is 384 g/mol. The van der Waals surface area contributed by atoms with Crippen LogP contribution in [0.2, 0.25) is 0 Å². The fraction of sp³-hybridized carbons (Fsp3) is 0.350. The minimum Gasteiger partial charge on any atom is -0.496 e. The van der Waals surface area contributed by atoms with Gasteiger partial charge in [-0.3, -0.25) is 14.2 Å². The van der Waals surface area contributed by atoms with Gasteiger partial charge in [0.25, 0.3) is 5.56 Å². The van der Waals surface area contributed by atoms with Gasteiger partial charge in [-0.05, 0) is 37.3 Å². The Balaban J connectivity index is 1.90. The van der Waals surface area contributed by atoms with Gasteiger partial charge in [0.15, 0.2) is 0 Å². The van der Waals surface area contributed by atoms with Crippen molar-refractivity contribution in [3.63, 3.8) is 0 Å². The molecule has 1 aromatic carbocycles. The van der Waals surface area contributed by atoms with Gasteiger partial charge in [0.2, 0.25) is 0 Å². The molecule has 1 aliphatic carbocycles. The SMILES string of the molecule is COc1ccccc1Cc1nc2sc3c(c2c(=O)n1CC(=O)O)CCCC3. The number of fused-ring (bicyclic) bond motifs is 3. The Labute approximate surface area is 160 Å². The van der Waals surface area contributed by atoms with Crippen molar-refractivity contribution in [3.05, 3.63) is 56.4 Å². The molecule has 3 aromatic rings. The van der Waals surface area contributed by atoms with E-state index in [1.54, 1.807) is 18.4 Å². The molecule has 0 unspecified atom stereocenters. The topological polar surface area (TPSA) is 81.4 Å². The summed E-state index contributed by atoms with van der Waals surface area (Å²) in [7, 11) is 1.59. The average Bonchev–Trinajstić information content (AvgIpc) is 3.03. The first-order valence-corrected chi connectivity index (χ1v) is 9.77. The zero-order valence-electron chi connectivity index (χ0n) is 15.0. The molecule has 1 aliphatic rings. The Morgan fingerprint density at radius 3 is 2.85 bits per heavy atom. The van der Waals surface area contributed by atoms with Gasteiger partial charge in [-0.2, -0.15) is 0 Å². The number of hydrogen-bond donors (Lipinski definition) is 1. The third kappa shape index (κ3) is 3.23. The average molecular weight is 384 g/mol. The maximum absolute atomic E-state index is 13.2. The smallest absolute Gasteiger partial charge is 0.323 e. The molecule has 0 spiro atoms. The van der Waals surface area contributed by atoms with Crippen LogP contribution < -0.4 is 10.3 Å². The molecule has 2 heterocycles. The van der Waals surface area contributed by atoms with Gasteiger partial charge in [-0.1, -0.05) is 18.2 Å². The normalized spacial score (nSPS) is 13.5. The van der Waals surface area contributed by atoms with Crippen LogP contribution in [0.1, 0.15) is 34.7 Å². The molecule has 2 aromatic heterocycles. The van der Waals surface area contributed by atoms with Crippen LogP contribution in [0.15, 0.2) is 29.1 Å². The van der Waals surface area contributed by atoms with Gasteiger partial charge < -0.3 is 9.84 Å². The van der Waals surface area contributed by atoms with Crippen molar-refractivity contribution in [2.45, 2.75) is 38.6 Å². The lowest BCUT2D eigenvalue weighted by molar-refractivity contribution is -0.137. The molecule has 6 nitrogen and oxygen atoms in total. The maximum atomic E-state index is 13.2. The molecule has 0 radical (unpaired) electrons. The highest BCUT2D eigenvalue weighted by atomic mass is 32.1. The van der Waals surface area contributed by atoms with Crippen LogP contribution in [-0.4, -0.2) is 27.7 Å². The van der Waals surface area contributed by atoms with E-state index >= 15 is 0 Å². The number of benzene rings is 1. The Morgan fingerprint density at radius 1 is 1.30 bits per heavy atom. The Bertz CT molecular complexity index is 1080. The minimum absolute atomic E-state index is 0.244. The van der Waals surface area contributed by atoms with E-state index in [0.29, 0.717) is 23.4 Å². The zero-order chi connectivity index (χ0) is 19.0. The number of hydrogen-bond acceptors (Lipinski definition) is 5. The van der Waals surface area contributed by atoms with Crippen LogP contribution in [0.25, 0.3) is 10.2 Å². The van der Waals surface area contributed by atoms with Gasteiger partial charge in [0.1, 0.15) is 22.9 Å². The van der Waals surface area contributed by atoms with Gasteiger partial charge in [0, 0.05) is 16.9 Å². The Kier molecular flexibility index (Phi) is 4.70. The number of aromatic nitrogens is 2. The van der Waals surface area contributed by atoms with E-state index in [9.17, 15) is 14.7 Å². The molecule has 0 bridgehead atoms. The number of carboxylic acids is 1. The molecule has 27 heavy (non-hydrogen) atoms. The van der Waals surface area contributed by atoms with E-state index in [0.717, 1.165) is 41.6 Å². The van der Waals surface area contributed by atoms with E-state index in [1.165, 1.54) is 9.44 Å². The fourth-order valence-corrected chi connectivity index (χ4v) is 5.00. The molecule has 0 fully saturated rings. The highest BCUT2D eigenvalue weighted by Gasteiger charge is 2.23. The number of rotatable bonds is 5. The molecular formula is C20H20N2O4S. The number of aryl methyl sites for hydroxylation is 2. The minimum atomic E-state index is -1.05. The zero-order valence-corrected chi connectivity index (χ0v) is 15.8. The molecule has 7 heteroatoms. The number of ether oxygens (including phenoxy) is 1. The molecule has 0 amide bonds. The number of thiophene rings is 1. The summed E-state index contributed by atoms with van der Waals surface area (Å²) in [4.78, 5) is 31.3. The molecule has 4 rings (SSSR count). The summed E-state index contributed by atoms with van der Waals surface area (Å²) in [6.07, 6.45) is 4.35. The van der Waals surface area contributed by atoms with Crippen LogP contribution in [0.5, 0.6) is 5.75 Å². The third-order valence-corrected chi connectivity index (χ3v) is 6.17. The first-order valence-electron chi connectivity index (χ1n) is 8.96. The Morgan fingerprint density at radius 2 is 2.07 bits per heavy atom. The summed E-state index contributed by atoms with van der Waals surface area (Å²) < 4.78 is 6.70. The summed E-state index contributed by atoms with van der Waals surface area (Å²) >= 11 is 1.57. The number of nitrogens with zero attached hydrogens (tertiary/aromatic N) is 2. The van der Waals surface area contributed by atoms with E-state index in [4.69, 9.17) is 9.72 Å². The summed E-state index contributed by atoms with van der Waals surface area (Å²) in [5.41, 5.74) is 1.69. The highest BCUT2D eigenvalue weighted by molar-refractivity contribution is 7.18. The van der Waals surface area contributed by atoms with Gasteiger partial charge in [-0.15, -0.1) is 11.3 Å². The van der Waals surface area contributed by atoms with Crippen LogP contribution >= 0.6 is 11.3 Å². The van der Waals surface area contributed by atoms with Crippen LogP contribution in [-0.2, 0) is 30.6 Å². The second-order valence-corrected chi connectivity index (χ2v) is 7.78. The lowest BCUT2D eigenvalue weighted by atomic mass is 9.97. The molecule has 0 saturated heterocycles. The number of methoxy groups -OCH3 is 1. The summed E-state index contributed by atoms with van der Waals surface area (Å²) in [6.45, 7) is -0.392.